The Bertz CT molecular complexity index is 1260. The lowest BCUT2D eigenvalue weighted by molar-refractivity contribution is -0.0159. The summed E-state index contributed by atoms with van der Waals surface area (Å²) in [5.41, 5.74) is 0.647. The molecule has 0 bridgehead atoms. The molecule has 3 heterocycles. The van der Waals surface area contributed by atoms with Crippen molar-refractivity contribution in [1.82, 2.24) is 19.5 Å². The molecule has 2 amide bonds. The smallest absolute Gasteiger partial charge is 0.261 e. The Morgan fingerprint density at radius 1 is 1.38 bits per heavy atom. The number of nitrogens with one attached hydrogen (secondary N) is 1. The van der Waals surface area contributed by atoms with E-state index in [1.54, 1.807) is 30.6 Å². The fraction of sp³-hybridized carbons (Fsp3) is 0.417. The average Bonchev–Trinajstić information content (AvgIpc) is 3.45. The number of amides is 2. The molecule has 9 nitrogen and oxygen atoms in total. The number of aromatic nitrogens is 3. The number of hydrogen-bond donors (Lipinski definition) is 2. The van der Waals surface area contributed by atoms with Crippen molar-refractivity contribution >= 4 is 23.1 Å². The third-order valence-electron chi connectivity index (χ3n) is 6.18. The van der Waals surface area contributed by atoms with E-state index in [-0.39, 0.29) is 19.0 Å². The van der Waals surface area contributed by atoms with Crippen LogP contribution >= 0.6 is 0 Å². The third-order valence-corrected chi connectivity index (χ3v) is 6.18. The molecule has 1 aromatic carbocycles. The average molecular weight is 468 g/mol. The van der Waals surface area contributed by atoms with E-state index in [1.807, 2.05) is 0 Å². The van der Waals surface area contributed by atoms with Crippen molar-refractivity contribution in [3.05, 3.63) is 53.5 Å². The van der Waals surface area contributed by atoms with Gasteiger partial charge in [-0.3, -0.25) is 9.59 Å². The fourth-order valence-electron chi connectivity index (χ4n) is 3.85. The zero-order valence-electron chi connectivity index (χ0n) is 19.0. The number of rotatable bonds is 8. The summed E-state index contributed by atoms with van der Waals surface area (Å²) in [4.78, 5) is 31.6. The van der Waals surface area contributed by atoms with Gasteiger partial charge in [-0.1, -0.05) is 0 Å². The Kier molecular flexibility index (Phi) is 5.47. The fourth-order valence-corrected chi connectivity index (χ4v) is 3.85. The largest absolute Gasteiger partial charge is 0.491 e. The van der Waals surface area contributed by atoms with Crippen LogP contribution in [0.3, 0.4) is 0 Å². The highest BCUT2D eigenvalue weighted by molar-refractivity contribution is 6.09. The maximum atomic E-state index is 14.5. The molecule has 2 aromatic heterocycles. The van der Waals surface area contributed by atoms with Crippen molar-refractivity contribution in [2.75, 3.05) is 18.5 Å². The molecular weight excluding hydrogens is 441 g/mol. The van der Waals surface area contributed by atoms with E-state index in [4.69, 9.17) is 4.74 Å². The van der Waals surface area contributed by atoms with Crippen LogP contribution in [0, 0.1) is 5.92 Å². The van der Waals surface area contributed by atoms with Crippen molar-refractivity contribution in [2.24, 2.45) is 5.92 Å². The second-order valence-electron chi connectivity index (χ2n) is 9.47. The maximum Gasteiger partial charge on any atom is 0.261 e. The number of fused-ring (bicyclic) bond motifs is 2. The summed E-state index contributed by atoms with van der Waals surface area (Å²) in [7, 11) is 0. The normalized spacial score (nSPS) is 16.6. The Hall–Kier alpha value is -3.53. The molecule has 1 atom stereocenters. The predicted molar refractivity (Wildman–Crippen MR) is 122 cm³/mol. The molecule has 0 spiro atoms. The van der Waals surface area contributed by atoms with Gasteiger partial charge in [0.1, 0.15) is 17.5 Å². The summed E-state index contributed by atoms with van der Waals surface area (Å²) < 4.78 is 21.9. The molecular formula is C24H26FN5O4. The minimum atomic E-state index is -1.60. The predicted octanol–water partition coefficient (Wildman–Crippen LogP) is 2.84. The molecule has 1 fully saturated rings. The van der Waals surface area contributed by atoms with Gasteiger partial charge < -0.3 is 20.1 Å². The highest BCUT2D eigenvalue weighted by Crippen LogP contribution is 2.37. The minimum Gasteiger partial charge on any atom is -0.491 e. The summed E-state index contributed by atoms with van der Waals surface area (Å²) in [6, 6.07) is 5.03. The van der Waals surface area contributed by atoms with Gasteiger partial charge >= 0.3 is 0 Å². The number of hydrogen-bond acceptors (Lipinski definition) is 6. The summed E-state index contributed by atoms with van der Waals surface area (Å²) in [6.45, 7) is 3.18. The quantitative estimate of drug-likeness (QED) is 0.527. The van der Waals surface area contributed by atoms with Gasteiger partial charge in [0.05, 0.1) is 30.6 Å². The van der Waals surface area contributed by atoms with E-state index in [0.717, 1.165) is 12.8 Å². The van der Waals surface area contributed by atoms with Crippen molar-refractivity contribution in [2.45, 2.75) is 45.0 Å². The molecule has 0 saturated heterocycles. The monoisotopic (exact) mass is 467 g/mol. The number of benzene rings is 1. The number of carbonyl (C=O) groups excluding carboxylic acids is 2. The SMILES string of the molecule is CC(C)(O)C(F)CN1Cc2cc(NC(=O)c3cnn4cccnc34)c(OCC3CC3)cc2C1=O. The van der Waals surface area contributed by atoms with Gasteiger partial charge in [-0.15, -0.1) is 0 Å². The first-order chi connectivity index (χ1) is 16.2. The second-order valence-corrected chi connectivity index (χ2v) is 9.47. The lowest BCUT2D eigenvalue weighted by Gasteiger charge is -2.26. The van der Waals surface area contributed by atoms with E-state index in [1.165, 1.54) is 29.5 Å². The number of ether oxygens (including phenoxy) is 1. The number of carbonyl (C=O) groups is 2. The highest BCUT2D eigenvalue weighted by atomic mass is 19.1. The lowest BCUT2D eigenvalue weighted by Crippen LogP contribution is -2.42. The van der Waals surface area contributed by atoms with Crippen LogP contribution in [0.4, 0.5) is 10.1 Å². The molecule has 178 valence electrons. The van der Waals surface area contributed by atoms with Crippen LogP contribution in [0.1, 0.15) is 53.0 Å². The van der Waals surface area contributed by atoms with Crippen LogP contribution in [0.5, 0.6) is 5.75 Å². The number of aliphatic hydroxyl groups is 1. The highest BCUT2D eigenvalue weighted by Gasteiger charge is 2.35. The van der Waals surface area contributed by atoms with Gasteiger partial charge in [-0.05, 0) is 56.4 Å². The Morgan fingerprint density at radius 3 is 2.91 bits per heavy atom. The summed E-state index contributed by atoms with van der Waals surface area (Å²) >= 11 is 0. The summed E-state index contributed by atoms with van der Waals surface area (Å²) in [5, 5.41) is 17.0. The Balaban J connectivity index is 1.42. The molecule has 3 aromatic rings. The van der Waals surface area contributed by atoms with Crippen molar-refractivity contribution in [3.8, 4) is 5.75 Å². The molecule has 1 saturated carbocycles. The topological polar surface area (TPSA) is 109 Å². The van der Waals surface area contributed by atoms with Crippen molar-refractivity contribution in [3.63, 3.8) is 0 Å². The number of alkyl halides is 1. The maximum absolute atomic E-state index is 14.5. The molecule has 1 aliphatic heterocycles. The standard InChI is InChI=1S/C24H26FN5O4/c1-24(2,33)20(25)12-29-11-15-8-18(19(9-16(15)23(29)32)34-13-14-4-5-14)28-22(31)17-10-27-30-7-3-6-26-21(17)30/h3,6-10,14,20,33H,4-5,11-13H2,1-2H3,(H,28,31). The Morgan fingerprint density at radius 2 is 2.18 bits per heavy atom. The van der Waals surface area contributed by atoms with Crippen LogP contribution in [-0.2, 0) is 6.54 Å². The third kappa shape index (κ3) is 4.33. The Labute approximate surface area is 195 Å². The van der Waals surface area contributed by atoms with Gasteiger partial charge in [-0.2, -0.15) is 5.10 Å². The van der Waals surface area contributed by atoms with Crippen LogP contribution < -0.4 is 10.1 Å². The second kappa shape index (κ2) is 8.35. The van der Waals surface area contributed by atoms with E-state index < -0.39 is 17.7 Å². The zero-order chi connectivity index (χ0) is 24.0. The van der Waals surface area contributed by atoms with Crippen molar-refractivity contribution < 1.29 is 23.8 Å². The van der Waals surface area contributed by atoms with Gasteiger partial charge in [-0.25, -0.2) is 13.9 Å². The van der Waals surface area contributed by atoms with Crippen LogP contribution in [0.15, 0.2) is 36.8 Å². The minimum absolute atomic E-state index is 0.175. The molecule has 1 aliphatic carbocycles. The molecule has 0 radical (unpaired) electrons. The first kappa shape index (κ1) is 22.3. The van der Waals surface area contributed by atoms with E-state index in [9.17, 15) is 19.1 Å². The first-order valence-corrected chi connectivity index (χ1v) is 11.3. The molecule has 1 unspecified atom stereocenters. The first-order valence-electron chi connectivity index (χ1n) is 11.3. The van der Waals surface area contributed by atoms with Gasteiger partial charge in [0, 0.05) is 24.5 Å². The van der Waals surface area contributed by atoms with E-state index >= 15 is 0 Å². The van der Waals surface area contributed by atoms with Gasteiger partial charge in [0.25, 0.3) is 11.8 Å². The van der Waals surface area contributed by atoms with Gasteiger partial charge in [0.15, 0.2) is 5.65 Å². The molecule has 2 N–H and O–H groups in total. The van der Waals surface area contributed by atoms with Crippen LogP contribution in [-0.4, -0.2) is 61.3 Å². The number of nitrogens with zero attached hydrogens (tertiary/aromatic N) is 4. The lowest BCUT2D eigenvalue weighted by atomic mass is 10.0. The molecule has 10 heteroatoms. The van der Waals surface area contributed by atoms with Gasteiger partial charge in [0.2, 0.25) is 0 Å². The summed E-state index contributed by atoms with van der Waals surface area (Å²) in [5.74, 6) is 0.115. The zero-order valence-corrected chi connectivity index (χ0v) is 19.0. The van der Waals surface area contributed by atoms with Crippen LogP contribution in [0.25, 0.3) is 5.65 Å². The van der Waals surface area contributed by atoms with Crippen LogP contribution in [0.2, 0.25) is 0 Å². The summed E-state index contributed by atoms with van der Waals surface area (Å²) in [6.07, 6.45) is 5.30. The number of halogens is 1. The molecule has 5 rings (SSSR count). The molecule has 2 aliphatic rings. The van der Waals surface area contributed by atoms with E-state index in [0.29, 0.717) is 46.3 Å². The number of anilines is 1. The van der Waals surface area contributed by atoms with Crippen molar-refractivity contribution in [1.29, 1.82) is 0 Å². The van der Waals surface area contributed by atoms with E-state index in [2.05, 4.69) is 15.4 Å². The molecule has 34 heavy (non-hydrogen) atoms.